The molecule has 1 amide bonds. The van der Waals surface area contributed by atoms with E-state index in [9.17, 15) is 4.79 Å². The first-order valence-electron chi connectivity index (χ1n) is 7.68. The van der Waals surface area contributed by atoms with E-state index in [0.29, 0.717) is 11.5 Å². The fourth-order valence-corrected chi connectivity index (χ4v) is 1.93. The highest BCUT2D eigenvalue weighted by molar-refractivity contribution is 5.84. The van der Waals surface area contributed by atoms with Gasteiger partial charge in [-0.05, 0) is 57.0 Å². The van der Waals surface area contributed by atoms with Gasteiger partial charge in [0.2, 0.25) is 0 Å². The number of hydrogen-bond acceptors (Lipinski definition) is 4. The van der Waals surface area contributed by atoms with E-state index in [0.717, 1.165) is 12.1 Å². The molecule has 1 aromatic heterocycles. The Labute approximate surface area is 137 Å². The lowest BCUT2D eigenvalue weighted by atomic mass is 10.1. The maximum Gasteiger partial charge on any atom is 0.412 e. The van der Waals surface area contributed by atoms with Crippen LogP contribution in [-0.2, 0) is 11.2 Å². The number of rotatable bonds is 4. The van der Waals surface area contributed by atoms with Gasteiger partial charge < -0.3 is 10.1 Å². The Bertz CT molecular complexity index is 643. The lowest BCUT2D eigenvalue weighted by molar-refractivity contribution is 0.0636. The molecule has 23 heavy (non-hydrogen) atoms. The van der Waals surface area contributed by atoms with Crippen LogP contribution in [0.5, 0.6) is 0 Å². The van der Waals surface area contributed by atoms with Gasteiger partial charge in [-0.2, -0.15) is 0 Å². The van der Waals surface area contributed by atoms with E-state index < -0.39 is 11.7 Å². The van der Waals surface area contributed by atoms with E-state index >= 15 is 0 Å². The number of nitrogens with one attached hydrogen (secondary N) is 2. The van der Waals surface area contributed by atoms with Crippen LogP contribution in [0.3, 0.4) is 0 Å². The average Bonchev–Trinajstić information content (AvgIpc) is 2.48. The summed E-state index contributed by atoms with van der Waals surface area (Å²) >= 11 is 0. The van der Waals surface area contributed by atoms with Crippen molar-refractivity contribution in [2.75, 3.05) is 10.6 Å². The number of aromatic nitrogens is 1. The highest BCUT2D eigenvalue weighted by atomic mass is 16.6. The van der Waals surface area contributed by atoms with E-state index in [1.54, 1.807) is 18.3 Å². The van der Waals surface area contributed by atoms with Gasteiger partial charge in [0.05, 0.1) is 11.9 Å². The number of carbonyl (C=O) groups excluding carboxylic acids is 1. The summed E-state index contributed by atoms with van der Waals surface area (Å²) in [4.78, 5) is 16.0. The van der Waals surface area contributed by atoms with Crippen LogP contribution < -0.4 is 10.6 Å². The van der Waals surface area contributed by atoms with Gasteiger partial charge in [0.15, 0.2) is 0 Å². The number of carbonyl (C=O) groups is 1. The third-order valence-electron chi connectivity index (χ3n) is 3.04. The van der Waals surface area contributed by atoms with Crippen molar-refractivity contribution in [2.24, 2.45) is 0 Å². The minimum absolute atomic E-state index is 0.491. The summed E-state index contributed by atoms with van der Waals surface area (Å²) in [7, 11) is 0. The zero-order valence-corrected chi connectivity index (χ0v) is 14.0. The van der Waals surface area contributed by atoms with Gasteiger partial charge in [0.25, 0.3) is 0 Å². The number of nitrogens with zero attached hydrogens (tertiary/aromatic N) is 1. The normalized spacial score (nSPS) is 11.0. The molecule has 1 aromatic carbocycles. The summed E-state index contributed by atoms with van der Waals surface area (Å²) in [5.41, 5.74) is 2.33. The summed E-state index contributed by atoms with van der Waals surface area (Å²) in [6.45, 7) is 7.59. The Morgan fingerprint density at radius 1 is 1.09 bits per heavy atom. The molecule has 2 rings (SSSR count). The predicted octanol–water partition coefficient (Wildman–Crippen LogP) is 4.73. The van der Waals surface area contributed by atoms with Crippen LogP contribution in [0.15, 0.2) is 42.6 Å². The SMILES string of the molecule is CCc1ccc(Nc2ccc(NC(=O)OC(C)(C)C)cn2)cc1. The molecule has 0 aliphatic heterocycles. The first kappa shape index (κ1) is 16.8. The fraction of sp³-hybridized carbons (Fsp3) is 0.333. The molecule has 5 nitrogen and oxygen atoms in total. The molecule has 2 aromatic rings. The van der Waals surface area contributed by atoms with E-state index in [1.165, 1.54) is 5.56 Å². The number of anilines is 3. The number of hydrogen-bond donors (Lipinski definition) is 2. The fourth-order valence-electron chi connectivity index (χ4n) is 1.93. The summed E-state index contributed by atoms with van der Waals surface area (Å²) in [5.74, 6) is 0.712. The highest BCUT2D eigenvalue weighted by Gasteiger charge is 2.16. The van der Waals surface area contributed by atoms with E-state index in [1.807, 2.05) is 32.9 Å². The van der Waals surface area contributed by atoms with Crippen LogP contribution >= 0.6 is 0 Å². The molecule has 0 radical (unpaired) electrons. The zero-order chi connectivity index (χ0) is 16.9. The maximum atomic E-state index is 11.7. The second-order valence-electron chi connectivity index (χ2n) is 6.23. The van der Waals surface area contributed by atoms with Crippen LogP contribution in [0.2, 0.25) is 0 Å². The molecule has 0 fully saturated rings. The summed E-state index contributed by atoms with van der Waals surface area (Å²) in [5, 5.41) is 5.87. The van der Waals surface area contributed by atoms with Crippen LogP contribution in [0.25, 0.3) is 0 Å². The minimum Gasteiger partial charge on any atom is -0.444 e. The molecule has 0 saturated carbocycles. The predicted molar refractivity (Wildman–Crippen MR) is 93.2 cm³/mol. The molecule has 0 saturated heterocycles. The number of amides is 1. The molecular formula is C18H23N3O2. The van der Waals surface area contributed by atoms with E-state index in [-0.39, 0.29) is 0 Å². The van der Waals surface area contributed by atoms with Crippen molar-refractivity contribution in [2.45, 2.75) is 39.7 Å². The highest BCUT2D eigenvalue weighted by Crippen LogP contribution is 2.17. The molecule has 0 unspecified atom stereocenters. The van der Waals surface area contributed by atoms with Crippen LogP contribution in [-0.4, -0.2) is 16.7 Å². The van der Waals surface area contributed by atoms with Crippen LogP contribution in [0.1, 0.15) is 33.3 Å². The van der Waals surface area contributed by atoms with Crippen LogP contribution in [0, 0.1) is 0 Å². The Kier molecular flexibility index (Phi) is 5.21. The molecule has 122 valence electrons. The average molecular weight is 313 g/mol. The number of ether oxygens (including phenoxy) is 1. The Hall–Kier alpha value is -2.56. The van der Waals surface area contributed by atoms with Gasteiger partial charge in [0, 0.05) is 5.69 Å². The van der Waals surface area contributed by atoms with Crippen molar-refractivity contribution >= 4 is 23.3 Å². The van der Waals surface area contributed by atoms with Gasteiger partial charge >= 0.3 is 6.09 Å². The third kappa shape index (κ3) is 5.62. The Balaban J connectivity index is 1.94. The molecular weight excluding hydrogens is 290 g/mol. The lowest BCUT2D eigenvalue weighted by Gasteiger charge is -2.19. The molecule has 1 heterocycles. The molecule has 0 aliphatic rings. The number of benzene rings is 1. The quantitative estimate of drug-likeness (QED) is 0.856. The first-order valence-corrected chi connectivity index (χ1v) is 7.68. The molecule has 0 atom stereocenters. The van der Waals surface area contributed by atoms with Gasteiger partial charge in [-0.25, -0.2) is 9.78 Å². The van der Waals surface area contributed by atoms with Gasteiger partial charge in [-0.15, -0.1) is 0 Å². The third-order valence-corrected chi connectivity index (χ3v) is 3.04. The summed E-state index contributed by atoms with van der Waals surface area (Å²) in [6, 6.07) is 11.8. The molecule has 0 bridgehead atoms. The molecule has 2 N–H and O–H groups in total. The Morgan fingerprint density at radius 3 is 2.26 bits per heavy atom. The van der Waals surface area contributed by atoms with Crippen molar-refractivity contribution in [1.82, 2.24) is 4.98 Å². The van der Waals surface area contributed by atoms with Crippen molar-refractivity contribution < 1.29 is 9.53 Å². The number of aryl methyl sites for hydroxylation is 1. The van der Waals surface area contributed by atoms with E-state index in [2.05, 4.69) is 34.7 Å². The van der Waals surface area contributed by atoms with E-state index in [4.69, 9.17) is 4.74 Å². The summed E-state index contributed by atoms with van der Waals surface area (Å²) < 4.78 is 5.20. The largest absolute Gasteiger partial charge is 0.444 e. The second kappa shape index (κ2) is 7.13. The van der Waals surface area contributed by atoms with Gasteiger partial charge in [0.1, 0.15) is 11.4 Å². The standard InChI is InChI=1S/C18H23N3O2/c1-5-13-6-8-14(9-7-13)20-16-11-10-15(12-19-16)21-17(22)23-18(2,3)4/h6-12H,5H2,1-4H3,(H,19,20)(H,21,22). The first-order chi connectivity index (χ1) is 10.9. The molecule has 0 spiro atoms. The zero-order valence-electron chi connectivity index (χ0n) is 14.0. The van der Waals surface area contributed by atoms with Crippen molar-refractivity contribution in [1.29, 1.82) is 0 Å². The van der Waals surface area contributed by atoms with Crippen molar-refractivity contribution in [3.8, 4) is 0 Å². The van der Waals surface area contributed by atoms with Crippen LogP contribution in [0.4, 0.5) is 22.0 Å². The molecule has 5 heteroatoms. The topological polar surface area (TPSA) is 63.2 Å². The smallest absolute Gasteiger partial charge is 0.412 e. The summed E-state index contributed by atoms with van der Waals surface area (Å²) in [6.07, 6.45) is 2.12. The number of pyridine rings is 1. The van der Waals surface area contributed by atoms with Gasteiger partial charge in [-0.3, -0.25) is 5.32 Å². The maximum absolute atomic E-state index is 11.7. The minimum atomic E-state index is -0.524. The van der Waals surface area contributed by atoms with Crippen molar-refractivity contribution in [3.05, 3.63) is 48.2 Å². The monoisotopic (exact) mass is 313 g/mol. The molecule has 0 aliphatic carbocycles. The van der Waals surface area contributed by atoms with Gasteiger partial charge in [-0.1, -0.05) is 19.1 Å². The Morgan fingerprint density at radius 2 is 1.74 bits per heavy atom. The second-order valence-corrected chi connectivity index (χ2v) is 6.23. The lowest BCUT2D eigenvalue weighted by Crippen LogP contribution is -2.27. The van der Waals surface area contributed by atoms with Crippen molar-refractivity contribution in [3.63, 3.8) is 0 Å².